The van der Waals surface area contributed by atoms with Crippen LogP contribution in [0.15, 0.2) is 60.7 Å². The molecular weight excluding hydrogens is 312 g/mol. The van der Waals surface area contributed by atoms with Gasteiger partial charge in [0.1, 0.15) is 11.5 Å². The number of para-hydroxylation sites is 1. The second kappa shape index (κ2) is 7.47. The second-order valence-corrected chi connectivity index (χ2v) is 6.50. The van der Waals surface area contributed by atoms with Crippen LogP contribution in [0, 0.1) is 0 Å². The Bertz CT molecular complexity index is 839. The van der Waals surface area contributed by atoms with Gasteiger partial charge in [-0.2, -0.15) is 0 Å². The lowest BCUT2D eigenvalue weighted by Gasteiger charge is -2.20. The van der Waals surface area contributed by atoms with Gasteiger partial charge >= 0.3 is 0 Å². The van der Waals surface area contributed by atoms with Gasteiger partial charge in [0.25, 0.3) is 0 Å². The van der Waals surface area contributed by atoms with Gasteiger partial charge in [0, 0.05) is 0 Å². The van der Waals surface area contributed by atoms with Gasteiger partial charge in [-0.1, -0.05) is 36.4 Å². The molecule has 0 radical (unpaired) electrons. The average Bonchev–Trinajstić information content (AvgIpc) is 2.57. The number of ether oxygens (including phenoxy) is 3. The number of rotatable bonds is 6. The maximum atomic E-state index is 6.15. The van der Waals surface area contributed by atoms with Crippen LogP contribution in [0.5, 0.6) is 23.0 Å². The number of hydrogen-bond acceptors (Lipinski definition) is 3. The highest BCUT2D eigenvalue weighted by Gasteiger charge is 2.17. The van der Waals surface area contributed by atoms with E-state index in [1.54, 1.807) is 0 Å². The van der Waals surface area contributed by atoms with Crippen LogP contribution in [0.1, 0.15) is 27.7 Å². The minimum absolute atomic E-state index is 0.0239. The summed E-state index contributed by atoms with van der Waals surface area (Å²) in [5, 5.41) is 2.01. The average molecular weight is 336 g/mol. The van der Waals surface area contributed by atoms with Crippen molar-refractivity contribution in [2.45, 2.75) is 39.9 Å². The van der Waals surface area contributed by atoms with E-state index < -0.39 is 0 Å². The SMILES string of the molecule is CC(C)Oc1cccc2ccc(Oc3ccccc3)c(OC(C)C)c12. The lowest BCUT2D eigenvalue weighted by atomic mass is 10.1. The fraction of sp³-hybridized carbons (Fsp3) is 0.273. The van der Waals surface area contributed by atoms with Crippen LogP contribution in [0.25, 0.3) is 10.8 Å². The fourth-order valence-corrected chi connectivity index (χ4v) is 2.70. The molecule has 0 saturated carbocycles. The Morgan fingerprint density at radius 1 is 0.640 bits per heavy atom. The summed E-state index contributed by atoms with van der Waals surface area (Å²) >= 11 is 0. The molecule has 0 atom stereocenters. The van der Waals surface area contributed by atoms with Gasteiger partial charge in [0.15, 0.2) is 11.5 Å². The van der Waals surface area contributed by atoms with Crippen molar-refractivity contribution in [3.63, 3.8) is 0 Å². The summed E-state index contributed by atoms with van der Waals surface area (Å²) in [5.41, 5.74) is 0. The summed E-state index contributed by atoms with van der Waals surface area (Å²) < 4.78 is 18.3. The molecule has 0 aliphatic heterocycles. The zero-order chi connectivity index (χ0) is 17.8. The first-order chi connectivity index (χ1) is 12.0. The quantitative estimate of drug-likeness (QED) is 0.536. The number of fused-ring (bicyclic) bond motifs is 1. The van der Waals surface area contributed by atoms with Gasteiger partial charge in [-0.15, -0.1) is 0 Å². The number of benzene rings is 3. The molecule has 0 aliphatic carbocycles. The van der Waals surface area contributed by atoms with Crippen molar-refractivity contribution in [2.24, 2.45) is 0 Å². The second-order valence-electron chi connectivity index (χ2n) is 6.50. The summed E-state index contributed by atoms with van der Waals surface area (Å²) in [4.78, 5) is 0. The van der Waals surface area contributed by atoms with E-state index >= 15 is 0 Å². The van der Waals surface area contributed by atoms with Crippen LogP contribution in [-0.2, 0) is 0 Å². The molecule has 3 nitrogen and oxygen atoms in total. The first-order valence-electron chi connectivity index (χ1n) is 8.66. The van der Waals surface area contributed by atoms with Crippen LogP contribution in [0.3, 0.4) is 0 Å². The van der Waals surface area contributed by atoms with Crippen molar-refractivity contribution in [1.82, 2.24) is 0 Å². The Hall–Kier alpha value is -2.68. The van der Waals surface area contributed by atoms with Crippen molar-refractivity contribution in [3.8, 4) is 23.0 Å². The molecule has 0 spiro atoms. The molecule has 0 N–H and O–H groups in total. The standard InChI is InChI=1S/C22H24O3/c1-15(2)23-19-12-8-9-17-13-14-20(22(21(17)19)24-16(3)4)25-18-10-6-5-7-11-18/h5-16H,1-4H3. The minimum atomic E-state index is 0.0239. The van der Waals surface area contributed by atoms with E-state index in [-0.39, 0.29) is 12.2 Å². The zero-order valence-electron chi connectivity index (χ0n) is 15.2. The molecule has 3 rings (SSSR count). The molecule has 3 aromatic rings. The van der Waals surface area contributed by atoms with Gasteiger partial charge in [-0.25, -0.2) is 0 Å². The van der Waals surface area contributed by atoms with E-state index in [9.17, 15) is 0 Å². The topological polar surface area (TPSA) is 27.7 Å². The molecule has 130 valence electrons. The van der Waals surface area contributed by atoms with E-state index in [4.69, 9.17) is 14.2 Å². The van der Waals surface area contributed by atoms with Gasteiger partial charge in [-0.3, -0.25) is 0 Å². The predicted molar refractivity (Wildman–Crippen MR) is 102 cm³/mol. The molecule has 3 heteroatoms. The molecule has 0 amide bonds. The Kier molecular flexibility index (Phi) is 5.13. The van der Waals surface area contributed by atoms with Crippen LogP contribution in [-0.4, -0.2) is 12.2 Å². The largest absolute Gasteiger partial charge is 0.490 e. The number of hydrogen-bond donors (Lipinski definition) is 0. The van der Waals surface area contributed by atoms with Crippen molar-refractivity contribution in [1.29, 1.82) is 0 Å². The Labute approximate surface area is 149 Å². The molecule has 0 fully saturated rings. The molecule has 3 aromatic carbocycles. The summed E-state index contributed by atoms with van der Waals surface area (Å²) in [6, 6.07) is 19.7. The zero-order valence-corrected chi connectivity index (χ0v) is 15.2. The van der Waals surface area contributed by atoms with Gasteiger partial charge in [-0.05, 0) is 57.3 Å². The molecule has 0 aromatic heterocycles. The highest BCUT2D eigenvalue weighted by atomic mass is 16.5. The van der Waals surface area contributed by atoms with E-state index in [0.29, 0.717) is 11.5 Å². The van der Waals surface area contributed by atoms with E-state index in [2.05, 4.69) is 6.07 Å². The third-order valence-electron chi connectivity index (χ3n) is 3.61. The normalized spacial score (nSPS) is 11.1. The molecule has 0 aliphatic rings. The summed E-state index contributed by atoms with van der Waals surface area (Å²) in [6.07, 6.45) is 0.104. The van der Waals surface area contributed by atoms with Crippen LogP contribution >= 0.6 is 0 Å². The Balaban J connectivity index is 2.15. The molecule has 0 unspecified atom stereocenters. The Morgan fingerprint density at radius 3 is 2.04 bits per heavy atom. The molecule has 25 heavy (non-hydrogen) atoms. The van der Waals surface area contributed by atoms with Gasteiger partial charge in [0.05, 0.1) is 17.6 Å². The third kappa shape index (κ3) is 4.05. The Morgan fingerprint density at radius 2 is 1.36 bits per heavy atom. The van der Waals surface area contributed by atoms with Crippen LogP contribution in [0.4, 0.5) is 0 Å². The highest BCUT2D eigenvalue weighted by Crippen LogP contribution is 2.43. The van der Waals surface area contributed by atoms with E-state index in [1.165, 1.54) is 0 Å². The van der Waals surface area contributed by atoms with E-state index in [1.807, 2.05) is 82.3 Å². The molecule has 0 saturated heterocycles. The van der Waals surface area contributed by atoms with Gasteiger partial charge < -0.3 is 14.2 Å². The van der Waals surface area contributed by atoms with E-state index in [0.717, 1.165) is 22.3 Å². The van der Waals surface area contributed by atoms with Crippen LogP contribution in [0.2, 0.25) is 0 Å². The van der Waals surface area contributed by atoms with Gasteiger partial charge in [0.2, 0.25) is 0 Å². The highest BCUT2D eigenvalue weighted by molar-refractivity contribution is 5.96. The van der Waals surface area contributed by atoms with Crippen molar-refractivity contribution in [3.05, 3.63) is 60.7 Å². The predicted octanol–water partition coefficient (Wildman–Crippen LogP) is 6.21. The first kappa shape index (κ1) is 17.2. The van der Waals surface area contributed by atoms with Crippen LogP contribution < -0.4 is 14.2 Å². The molecule has 0 heterocycles. The van der Waals surface area contributed by atoms with Crippen molar-refractivity contribution >= 4 is 10.8 Å². The summed E-state index contributed by atoms with van der Waals surface area (Å²) in [7, 11) is 0. The molecular formula is C22H24O3. The maximum Gasteiger partial charge on any atom is 0.173 e. The lowest BCUT2D eigenvalue weighted by Crippen LogP contribution is -2.09. The maximum absolute atomic E-state index is 6.15. The first-order valence-corrected chi connectivity index (χ1v) is 8.66. The molecule has 0 bridgehead atoms. The summed E-state index contributed by atoms with van der Waals surface area (Å²) in [6.45, 7) is 8.06. The minimum Gasteiger partial charge on any atom is -0.490 e. The lowest BCUT2D eigenvalue weighted by molar-refractivity contribution is 0.230. The fourth-order valence-electron chi connectivity index (χ4n) is 2.70. The summed E-state index contributed by atoms with van der Waals surface area (Å²) in [5.74, 6) is 2.99. The monoisotopic (exact) mass is 336 g/mol. The smallest absolute Gasteiger partial charge is 0.173 e. The third-order valence-corrected chi connectivity index (χ3v) is 3.61. The van der Waals surface area contributed by atoms with Crippen molar-refractivity contribution in [2.75, 3.05) is 0 Å². The van der Waals surface area contributed by atoms with Crippen molar-refractivity contribution < 1.29 is 14.2 Å².